The van der Waals surface area contributed by atoms with Crippen molar-refractivity contribution in [2.24, 2.45) is 0 Å². The average molecular weight is 318 g/mol. The van der Waals surface area contributed by atoms with E-state index in [1.54, 1.807) is 12.9 Å². The molecule has 6 heteroatoms. The average Bonchev–Trinajstić information content (AvgIpc) is 2.08. The van der Waals surface area contributed by atoms with E-state index in [9.17, 15) is 0 Å². The van der Waals surface area contributed by atoms with E-state index >= 15 is 0 Å². The Morgan fingerprint density at radius 3 is 2.64 bits per heavy atom. The summed E-state index contributed by atoms with van der Waals surface area (Å²) in [7, 11) is -0.695. The van der Waals surface area contributed by atoms with Crippen molar-refractivity contribution >= 4 is 44.6 Å². The summed E-state index contributed by atoms with van der Waals surface area (Å²) in [5, 5.41) is 20.8. The van der Waals surface area contributed by atoms with Gasteiger partial charge >= 0.3 is 7.05 Å². The Hall–Kier alpha value is -0.505. The van der Waals surface area contributed by atoms with Crippen LogP contribution in [-0.2, 0) is 0 Å². The molecule has 0 bridgehead atoms. The molecule has 0 aliphatic heterocycles. The smallest absolute Gasteiger partial charge is 0.406 e. The third kappa shape index (κ3) is 2.74. The highest BCUT2D eigenvalue weighted by Crippen LogP contribution is 2.30. The Bertz CT molecular complexity index is 390. The molecule has 0 heterocycles. The Kier molecular flexibility index (Phi) is 3.99. The summed E-state index contributed by atoms with van der Waals surface area (Å²) in [4.78, 5) is 0. The molecule has 72 valence electrons. The lowest BCUT2D eigenvalue weighted by Gasteiger charge is -2.10. The third-order valence-corrected chi connectivity index (χ3v) is 2.61. The first-order chi connectivity index (χ1) is 6.54. The molecule has 0 radical (unpaired) electrons. The van der Waals surface area contributed by atoms with E-state index in [1.807, 2.05) is 12.1 Å². The predicted molar refractivity (Wildman–Crippen MR) is 64.0 cm³/mol. The van der Waals surface area contributed by atoms with Crippen LogP contribution >= 0.6 is 31.9 Å². The van der Waals surface area contributed by atoms with Crippen molar-refractivity contribution in [2.45, 2.75) is 6.82 Å². The number of hydrogen-bond acceptors (Lipinski definition) is 3. The zero-order chi connectivity index (χ0) is 10.7. The van der Waals surface area contributed by atoms with E-state index in [0.29, 0.717) is 11.3 Å². The van der Waals surface area contributed by atoms with Crippen molar-refractivity contribution in [2.75, 3.05) is 5.23 Å². The number of benzene rings is 1. The zero-order valence-corrected chi connectivity index (χ0v) is 10.6. The lowest BCUT2D eigenvalue weighted by Crippen LogP contribution is -2.20. The van der Waals surface area contributed by atoms with Gasteiger partial charge in [-0.2, -0.15) is 5.26 Å². The predicted octanol–water partition coefficient (Wildman–Crippen LogP) is 2.61. The van der Waals surface area contributed by atoms with Gasteiger partial charge in [-0.1, -0.05) is 15.9 Å². The zero-order valence-electron chi connectivity index (χ0n) is 7.38. The normalized spacial score (nSPS) is 9.36. The van der Waals surface area contributed by atoms with Crippen molar-refractivity contribution in [3.05, 3.63) is 26.6 Å². The second-order valence-electron chi connectivity index (χ2n) is 2.74. The number of nitrogens with zero attached hydrogens (tertiary/aromatic N) is 1. The van der Waals surface area contributed by atoms with Crippen LogP contribution in [0.25, 0.3) is 0 Å². The first-order valence-electron chi connectivity index (χ1n) is 3.88. The minimum Gasteiger partial charge on any atom is -0.433 e. The third-order valence-electron chi connectivity index (χ3n) is 1.53. The Morgan fingerprint density at radius 1 is 1.50 bits per heavy atom. The number of rotatable bonds is 2. The highest BCUT2D eigenvalue weighted by Gasteiger charge is 2.11. The van der Waals surface area contributed by atoms with Gasteiger partial charge < -0.3 is 10.3 Å². The van der Waals surface area contributed by atoms with Crippen LogP contribution in [-0.4, -0.2) is 12.1 Å². The maximum Gasteiger partial charge on any atom is 0.406 e. The van der Waals surface area contributed by atoms with E-state index in [-0.39, 0.29) is 0 Å². The second-order valence-corrected chi connectivity index (χ2v) is 4.51. The van der Waals surface area contributed by atoms with Crippen molar-refractivity contribution in [1.29, 1.82) is 5.26 Å². The number of anilines is 1. The van der Waals surface area contributed by atoms with E-state index < -0.39 is 7.05 Å². The van der Waals surface area contributed by atoms with Gasteiger partial charge in [0.25, 0.3) is 0 Å². The molecule has 0 saturated heterocycles. The van der Waals surface area contributed by atoms with Gasteiger partial charge in [-0.25, -0.2) is 0 Å². The van der Waals surface area contributed by atoms with Crippen molar-refractivity contribution in [1.82, 2.24) is 0 Å². The van der Waals surface area contributed by atoms with Crippen LogP contribution in [0, 0.1) is 11.3 Å². The quantitative estimate of drug-likeness (QED) is 0.824. The molecule has 0 amide bonds. The molecule has 0 aliphatic rings. The molecule has 14 heavy (non-hydrogen) atoms. The fourth-order valence-electron chi connectivity index (χ4n) is 1.02. The van der Waals surface area contributed by atoms with Gasteiger partial charge in [0.15, 0.2) is 0 Å². The monoisotopic (exact) mass is 316 g/mol. The fourth-order valence-corrected chi connectivity index (χ4v) is 2.36. The van der Waals surface area contributed by atoms with E-state index in [2.05, 4.69) is 37.1 Å². The maximum atomic E-state index is 9.17. The lowest BCUT2D eigenvalue weighted by molar-refractivity contribution is 0.587. The van der Waals surface area contributed by atoms with Crippen molar-refractivity contribution in [3.8, 4) is 6.07 Å². The van der Waals surface area contributed by atoms with Crippen LogP contribution in [0.15, 0.2) is 21.1 Å². The minimum atomic E-state index is -0.695. The van der Waals surface area contributed by atoms with E-state index in [0.717, 1.165) is 8.95 Å². The largest absolute Gasteiger partial charge is 0.433 e. The molecule has 1 rings (SSSR count). The SMILES string of the molecule is CB(O)Nc1c(Br)cc(Br)cc1C#N. The molecule has 0 atom stereocenters. The highest BCUT2D eigenvalue weighted by atomic mass is 79.9. The summed E-state index contributed by atoms with van der Waals surface area (Å²) in [5.41, 5.74) is 1.08. The summed E-state index contributed by atoms with van der Waals surface area (Å²) >= 11 is 6.60. The Balaban J connectivity index is 3.20. The molecule has 0 spiro atoms. The van der Waals surface area contributed by atoms with Gasteiger partial charge in [0.05, 0.1) is 11.3 Å². The molecule has 0 unspecified atom stereocenters. The highest BCUT2D eigenvalue weighted by molar-refractivity contribution is 9.11. The van der Waals surface area contributed by atoms with E-state index in [4.69, 9.17) is 10.3 Å². The summed E-state index contributed by atoms with van der Waals surface area (Å²) in [6.45, 7) is 1.59. The standard InChI is InChI=1S/C8H7BBr2N2O/c1-9(14)13-8-5(4-12)2-6(10)3-7(8)11/h2-3,13-14H,1H3. The fraction of sp³-hybridized carbons (Fsp3) is 0.125. The molecule has 0 aromatic heterocycles. The van der Waals surface area contributed by atoms with Gasteiger partial charge in [-0.3, -0.25) is 0 Å². The molecule has 1 aromatic carbocycles. The lowest BCUT2D eigenvalue weighted by atomic mass is 9.88. The van der Waals surface area contributed by atoms with Gasteiger partial charge in [0.1, 0.15) is 6.07 Å². The topological polar surface area (TPSA) is 56.0 Å². The molecule has 0 fully saturated rings. The van der Waals surface area contributed by atoms with Gasteiger partial charge in [0.2, 0.25) is 0 Å². The number of hydrogen-bond donors (Lipinski definition) is 2. The van der Waals surface area contributed by atoms with Crippen LogP contribution < -0.4 is 5.23 Å². The Morgan fingerprint density at radius 2 is 2.14 bits per heavy atom. The van der Waals surface area contributed by atoms with E-state index in [1.165, 1.54) is 0 Å². The first-order valence-corrected chi connectivity index (χ1v) is 5.47. The summed E-state index contributed by atoms with van der Waals surface area (Å²) in [5.74, 6) is 0. The first kappa shape index (κ1) is 11.6. The molecule has 3 nitrogen and oxygen atoms in total. The number of nitriles is 1. The summed E-state index contributed by atoms with van der Waals surface area (Å²) in [6.07, 6.45) is 0. The molecule has 0 aliphatic carbocycles. The number of halogens is 2. The molecular formula is C8H7BBr2N2O. The van der Waals surface area contributed by atoms with Gasteiger partial charge in [-0.05, 0) is 34.9 Å². The van der Waals surface area contributed by atoms with Crippen LogP contribution in [0.5, 0.6) is 0 Å². The molecule has 2 N–H and O–H groups in total. The summed E-state index contributed by atoms with van der Waals surface area (Å²) < 4.78 is 1.56. The maximum absolute atomic E-state index is 9.17. The van der Waals surface area contributed by atoms with Crippen LogP contribution in [0.3, 0.4) is 0 Å². The molecule has 1 aromatic rings. The molecule has 0 saturated carbocycles. The summed E-state index contributed by atoms with van der Waals surface area (Å²) in [6, 6.07) is 5.55. The molecular weight excluding hydrogens is 311 g/mol. The van der Waals surface area contributed by atoms with Crippen LogP contribution in [0.1, 0.15) is 5.56 Å². The van der Waals surface area contributed by atoms with Crippen LogP contribution in [0.2, 0.25) is 6.82 Å². The van der Waals surface area contributed by atoms with Crippen molar-refractivity contribution in [3.63, 3.8) is 0 Å². The van der Waals surface area contributed by atoms with Crippen LogP contribution in [0.4, 0.5) is 5.69 Å². The van der Waals surface area contributed by atoms with Gasteiger partial charge in [-0.15, -0.1) is 0 Å². The minimum absolute atomic E-state index is 0.479. The Labute approximate surface area is 99.5 Å². The van der Waals surface area contributed by atoms with Crippen molar-refractivity contribution < 1.29 is 5.02 Å². The van der Waals surface area contributed by atoms with Gasteiger partial charge in [0, 0.05) is 8.95 Å². The second kappa shape index (κ2) is 4.83. The number of nitrogens with one attached hydrogen (secondary N) is 1.